The molecule has 14 heteroatoms. The van der Waals surface area contributed by atoms with Crippen molar-refractivity contribution in [3.63, 3.8) is 0 Å². The summed E-state index contributed by atoms with van der Waals surface area (Å²) in [5.74, 6) is 4.22. The normalized spacial score (nSPS) is 15.4. The second-order valence-electron chi connectivity index (χ2n) is 18.5. The van der Waals surface area contributed by atoms with Gasteiger partial charge in [0.05, 0.1) is 58.8 Å². The summed E-state index contributed by atoms with van der Waals surface area (Å²) >= 11 is 0. The van der Waals surface area contributed by atoms with Crippen molar-refractivity contribution in [3.05, 3.63) is 197 Å². The van der Waals surface area contributed by atoms with Gasteiger partial charge in [-0.1, -0.05) is 158 Å². The van der Waals surface area contributed by atoms with Crippen LogP contribution in [-0.4, -0.2) is 85.0 Å². The molecule has 0 spiro atoms. The Labute approximate surface area is 454 Å². The van der Waals surface area contributed by atoms with Crippen molar-refractivity contribution in [2.24, 2.45) is 0 Å². The molecule has 0 saturated carbocycles. The van der Waals surface area contributed by atoms with E-state index in [2.05, 4.69) is 102 Å². The van der Waals surface area contributed by atoms with Gasteiger partial charge < -0.3 is 63.1 Å². The van der Waals surface area contributed by atoms with Crippen LogP contribution in [-0.2, 0) is 32.2 Å². The number of nitrogens with one attached hydrogen (secondary N) is 2. The van der Waals surface area contributed by atoms with Crippen molar-refractivity contribution in [3.8, 4) is 34.5 Å². The van der Waals surface area contributed by atoms with E-state index in [1.54, 1.807) is 14.2 Å². The molecule has 406 valence electrons. The van der Waals surface area contributed by atoms with Crippen molar-refractivity contribution in [1.82, 2.24) is 10.6 Å². The van der Waals surface area contributed by atoms with E-state index in [-0.39, 0.29) is 32.0 Å². The first-order chi connectivity index (χ1) is 37.7. The lowest BCUT2D eigenvalue weighted by atomic mass is 9.88. The van der Waals surface area contributed by atoms with Gasteiger partial charge in [-0.2, -0.15) is 0 Å². The molecule has 0 radical (unpaired) electrons. The molecular formula is C63H73N2O11P. The zero-order valence-electron chi connectivity index (χ0n) is 45.1. The fourth-order valence-electron chi connectivity index (χ4n) is 9.78. The number of fused-ring (bicyclic) bond motifs is 4. The third-order valence-electron chi connectivity index (χ3n) is 13.6. The third-order valence-corrected chi connectivity index (χ3v) is 17.1. The summed E-state index contributed by atoms with van der Waals surface area (Å²) in [5, 5.41) is 21.4. The molecule has 0 saturated heterocycles. The van der Waals surface area contributed by atoms with Crippen molar-refractivity contribution in [1.29, 1.82) is 0 Å². The van der Waals surface area contributed by atoms with Gasteiger partial charge in [0.2, 0.25) is 13.6 Å². The highest BCUT2D eigenvalue weighted by molar-refractivity contribution is 7.93. The highest BCUT2D eigenvalue weighted by Gasteiger charge is 2.38. The first-order valence-corrected chi connectivity index (χ1v) is 28.2. The molecule has 3 heterocycles. The largest absolute Gasteiger partial charge is 0.496 e. The van der Waals surface area contributed by atoms with E-state index in [0.29, 0.717) is 70.0 Å². The zero-order valence-corrected chi connectivity index (χ0v) is 46.0. The molecule has 3 N–H and O–H groups in total. The Kier molecular flexibility index (Phi) is 20.7. The van der Waals surface area contributed by atoms with Crippen molar-refractivity contribution in [2.45, 2.75) is 65.4 Å². The van der Waals surface area contributed by atoms with Crippen LogP contribution in [0.4, 0.5) is 0 Å². The number of aliphatic hydroxyl groups is 1. The minimum absolute atomic E-state index is 0.109. The summed E-state index contributed by atoms with van der Waals surface area (Å²) in [4.78, 5) is 0. The summed E-state index contributed by atoms with van der Waals surface area (Å²) in [6.45, 7) is 10.4. The minimum Gasteiger partial charge on any atom is -0.496 e. The van der Waals surface area contributed by atoms with Gasteiger partial charge in [0.25, 0.3) is 0 Å². The van der Waals surface area contributed by atoms with Crippen LogP contribution in [0.15, 0.2) is 158 Å². The van der Waals surface area contributed by atoms with Crippen LogP contribution >= 0.6 is 6.89 Å². The van der Waals surface area contributed by atoms with E-state index in [0.717, 1.165) is 56.2 Å². The number of hydrogen-bond acceptors (Lipinski definition) is 13. The van der Waals surface area contributed by atoms with E-state index in [1.165, 1.54) is 15.9 Å². The van der Waals surface area contributed by atoms with Gasteiger partial charge in [-0.3, -0.25) is 0 Å². The molecule has 13 nitrogen and oxygen atoms in total. The first-order valence-electron chi connectivity index (χ1n) is 26.2. The van der Waals surface area contributed by atoms with Crippen LogP contribution in [0.3, 0.4) is 0 Å². The summed E-state index contributed by atoms with van der Waals surface area (Å²) in [6, 6.07) is 53.8. The monoisotopic (exact) mass is 1060 g/mol. The van der Waals surface area contributed by atoms with E-state index in [9.17, 15) is 5.11 Å². The zero-order chi connectivity index (χ0) is 54.0. The number of β-amino-alcohol motifs (C(OH)–C–C–N with tert-alkyl or cyclic N) is 1. The van der Waals surface area contributed by atoms with Gasteiger partial charge in [-0.15, -0.1) is 0 Å². The molecule has 0 fully saturated rings. The third kappa shape index (κ3) is 13.7. The fourth-order valence-corrected chi connectivity index (χ4v) is 12.7. The molecule has 77 heavy (non-hydrogen) atoms. The highest BCUT2D eigenvalue weighted by atomic mass is 31.2. The average Bonchev–Trinajstić information content (AvgIpc) is 4.21. The smallest absolute Gasteiger partial charge is 0.231 e. The number of methoxy groups -OCH3 is 2. The van der Waals surface area contributed by atoms with Gasteiger partial charge in [0.1, 0.15) is 11.5 Å². The Hall–Kier alpha value is -6.64. The lowest BCUT2D eigenvalue weighted by Gasteiger charge is -2.33. The number of hydrogen-bond donors (Lipinski definition) is 3. The van der Waals surface area contributed by atoms with E-state index < -0.39 is 13.0 Å². The van der Waals surface area contributed by atoms with Gasteiger partial charge in [0, 0.05) is 54.1 Å². The van der Waals surface area contributed by atoms with Gasteiger partial charge in [0.15, 0.2) is 29.3 Å². The molecule has 0 amide bonds. The van der Waals surface area contributed by atoms with E-state index >= 15 is 0 Å². The second-order valence-corrected chi connectivity index (χ2v) is 21.7. The fraction of sp³-hybridized carbons (Fsp3) is 0.317. The van der Waals surface area contributed by atoms with Crippen molar-refractivity contribution >= 4 is 29.1 Å². The Morgan fingerprint density at radius 3 is 1.61 bits per heavy atom. The van der Waals surface area contributed by atoms with Crippen LogP contribution in [0.2, 0.25) is 0 Å². The quantitative estimate of drug-likeness (QED) is 0.0466. The van der Waals surface area contributed by atoms with Gasteiger partial charge >= 0.3 is 0 Å². The maximum absolute atomic E-state index is 10.6. The van der Waals surface area contributed by atoms with E-state index in [4.69, 9.17) is 53.7 Å². The molecule has 1 unspecified atom stereocenters. The Bertz CT molecular complexity index is 2860. The second kappa shape index (κ2) is 28.1. The Balaban J connectivity index is 0.000000156. The summed E-state index contributed by atoms with van der Waals surface area (Å²) in [5.41, 5.74) is 6.57. The predicted octanol–water partition coefficient (Wildman–Crippen LogP) is 10.0. The summed E-state index contributed by atoms with van der Waals surface area (Å²) < 4.78 is 57.5. The molecule has 7 aromatic rings. The topological polar surface area (TPSA) is 137 Å². The maximum Gasteiger partial charge on any atom is 0.231 e. The Morgan fingerprint density at radius 1 is 0.623 bits per heavy atom. The van der Waals surface area contributed by atoms with Crippen LogP contribution in [0.25, 0.3) is 0 Å². The summed E-state index contributed by atoms with van der Waals surface area (Å²) in [7, 11) is 3.27. The van der Waals surface area contributed by atoms with Gasteiger partial charge in [-0.05, 0) is 67.7 Å². The van der Waals surface area contributed by atoms with Crippen LogP contribution < -0.4 is 55.0 Å². The molecule has 0 aromatic heterocycles. The molecule has 3 aliphatic heterocycles. The van der Waals surface area contributed by atoms with Gasteiger partial charge in [-0.25, -0.2) is 0 Å². The molecule has 10 rings (SSSR count). The summed E-state index contributed by atoms with van der Waals surface area (Å²) in [6.07, 6.45) is 3.68. The van der Waals surface area contributed by atoms with Crippen molar-refractivity contribution < 1.29 is 52.5 Å². The number of aliphatic hydroxyl groups excluding tert-OH is 1. The SMILES string of the molecule is C=P(c1ccccc1)(c1ccccc1)c1ccccc1.CCOC(CN[C@@H](COCc1ccccc1)c1cc(OC)c(C)c2c1OCO2)OCC.COc1c(C)c2c(c3c1C(O)CN[C@H]3COCc1ccccc1)OCO2. The molecular weight excluding hydrogens is 992 g/mol. The van der Waals surface area contributed by atoms with Crippen LogP contribution in [0.1, 0.15) is 71.0 Å². The molecule has 0 bridgehead atoms. The number of benzene rings is 7. The van der Waals surface area contributed by atoms with E-state index in [1.807, 2.05) is 94.4 Å². The molecule has 3 aliphatic rings. The molecule has 0 aliphatic carbocycles. The predicted molar refractivity (Wildman–Crippen MR) is 306 cm³/mol. The lowest BCUT2D eigenvalue weighted by Crippen LogP contribution is -2.36. The highest BCUT2D eigenvalue weighted by Crippen LogP contribution is 2.52. The maximum atomic E-state index is 10.6. The average molecular weight is 1070 g/mol. The minimum atomic E-state index is -1.78. The number of rotatable bonds is 21. The first kappa shape index (κ1) is 56.6. The number of ether oxygens (including phenoxy) is 10. The standard InChI is InChI=1S/C24H33NO6.C20H23NO5.C19H17P/c1-5-28-22(29-6-2)13-25-20(15-27-14-18-10-8-7-9-11-18)19-12-21(26-4)17(3)23-24(19)31-16-30-23;1-12-18(23-2)17-15(22)8-21-14(16(17)20-19(12)25-11-26-20)10-24-9-13-6-4-3-5-7-13;1-20(17-11-5-2-6-12-17,18-13-7-3-8-14-18)19-15-9-4-10-16-19/h7-12,20,22,25H,5-6,13-16H2,1-4H3;3-7,14-15,21-22H,8-11H2,1-2H3;2-16H,1H2/t20-;14-,15?;/m00./s1. The van der Waals surface area contributed by atoms with Crippen LogP contribution in [0, 0.1) is 13.8 Å². The molecule has 7 aromatic carbocycles. The van der Waals surface area contributed by atoms with Crippen molar-refractivity contribution in [2.75, 3.05) is 67.3 Å². The molecule has 3 atom stereocenters. The Morgan fingerprint density at radius 2 is 1.10 bits per heavy atom. The lowest BCUT2D eigenvalue weighted by molar-refractivity contribution is -0.134. The van der Waals surface area contributed by atoms with Crippen LogP contribution in [0.5, 0.6) is 34.5 Å².